The van der Waals surface area contributed by atoms with E-state index in [0.29, 0.717) is 22.1 Å². The van der Waals surface area contributed by atoms with Gasteiger partial charge in [0.2, 0.25) is 0 Å². The van der Waals surface area contributed by atoms with Crippen molar-refractivity contribution in [3.8, 4) is 11.5 Å². The van der Waals surface area contributed by atoms with Crippen LogP contribution in [-0.4, -0.2) is 25.3 Å². The van der Waals surface area contributed by atoms with Crippen LogP contribution in [0.3, 0.4) is 0 Å². The van der Waals surface area contributed by atoms with Crippen LogP contribution in [0.2, 0.25) is 5.02 Å². The summed E-state index contributed by atoms with van der Waals surface area (Å²) in [5, 5.41) is 8.92. The van der Waals surface area contributed by atoms with E-state index in [-0.39, 0.29) is 0 Å². The summed E-state index contributed by atoms with van der Waals surface area (Å²) in [6.07, 6.45) is 2.42. The van der Waals surface area contributed by atoms with Crippen LogP contribution < -0.4 is 9.47 Å². The molecule has 0 aliphatic heterocycles. The second-order valence-corrected chi connectivity index (χ2v) is 3.31. The van der Waals surface area contributed by atoms with Gasteiger partial charge < -0.3 is 14.6 Å². The lowest BCUT2D eigenvalue weighted by atomic mass is 10.1. The maximum atomic E-state index is 10.4. The van der Waals surface area contributed by atoms with Crippen LogP contribution in [0.15, 0.2) is 18.2 Å². The summed E-state index contributed by atoms with van der Waals surface area (Å²) in [4.78, 5) is 10.4. The largest absolute Gasteiger partial charge is 0.496 e. The minimum Gasteiger partial charge on any atom is -0.496 e. The normalized spacial score (nSPS) is 10.4. The maximum Gasteiger partial charge on any atom is 0.328 e. The Bertz CT molecular complexity index is 426. The van der Waals surface area contributed by atoms with Crippen LogP contribution in [0.4, 0.5) is 0 Å². The van der Waals surface area contributed by atoms with E-state index in [1.54, 1.807) is 12.1 Å². The summed E-state index contributed by atoms with van der Waals surface area (Å²) in [6, 6.07) is 3.18. The number of aliphatic carboxylic acids is 1. The Morgan fingerprint density at radius 2 is 1.94 bits per heavy atom. The molecule has 1 rings (SSSR count). The number of carbonyl (C=O) groups is 1. The molecule has 16 heavy (non-hydrogen) atoms. The molecule has 4 nitrogen and oxygen atoms in total. The van der Waals surface area contributed by atoms with Crippen LogP contribution in [0.25, 0.3) is 6.08 Å². The first-order chi connectivity index (χ1) is 7.58. The summed E-state index contributed by atoms with van der Waals surface area (Å²) in [5.41, 5.74) is 0.579. The highest BCUT2D eigenvalue weighted by Crippen LogP contribution is 2.33. The average molecular weight is 243 g/mol. The summed E-state index contributed by atoms with van der Waals surface area (Å²) >= 11 is 5.91. The Hall–Kier alpha value is -1.68. The van der Waals surface area contributed by atoms with Gasteiger partial charge in [-0.15, -0.1) is 0 Å². The van der Waals surface area contributed by atoms with Crippen molar-refractivity contribution in [3.05, 3.63) is 28.8 Å². The van der Waals surface area contributed by atoms with Gasteiger partial charge in [0, 0.05) is 17.7 Å². The third kappa shape index (κ3) is 2.90. The SMILES string of the molecule is COc1cc(OC)c(C=CC(=O)O)cc1Cl. The van der Waals surface area contributed by atoms with Gasteiger partial charge in [0.1, 0.15) is 11.5 Å². The molecule has 0 saturated carbocycles. The molecule has 0 amide bonds. The topological polar surface area (TPSA) is 55.8 Å². The van der Waals surface area contributed by atoms with E-state index in [2.05, 4.69) is 0 Å². The molecule has 0 unspecified atom stereocenters. The molecule has 0 aromatic heterocycles. The van der Waals surface area contributed by atoms with Crippen molar-refractivity contribution in [2.45, 2.75) is 0 Å². The Balaban J connectivity index is 3.18. The lowest BCUT2D eigenvalue weighted by Crippen LogP contribution is -1.92. The number of carboxylic acid groups (broad SMARTS) is 1. The van der Waals surface area contributed by atoms with Crippen LogP contribution in [0.5, 0.6) is 11.5 Å². The smallest absolute Gasteiger partial charge is 0.328 e. The van der Waals surface area contributed by atoms with Gasteiger partial charge in [-0.05, 0) is 12.1 Å². The van der Waals surface area contributed by atoms with Crippen LogP contribution in [-0.2, 0) is 4.79 Å². The number of hydrogen-bond acceptors (Lipinski definition) is 3. The van der Waals surface area contributed by atoms with Crippen molar-refractivity contribution in [2.24, 2.45) is 0 Å². The first kappa shape index (κ1) is 12.4. The van der Waals surface area contributed by atoms with Crippen molar-refractivity contribution in [1.29, 1.82) is 0 Å². The van der Waals surface area contributed by atoms with Gasteiger partial charge in [0.05, 0.1) is 19.2 Å². The quantitative estimate of drug-likeness (QED) is 0.824. The summed E-state index contributed by atoms with van der Waals surface area (Å²) in [6.45, 7) is 0. The van der Waals surface area contributed by atoms with Crippen molar-refractivity contribution in [1.82, 2.24) is 0 Å². The predicted octanol–water partition coefficient (Wildman–Crippen LogP) is 2.46. The summed E-state index contributed by atoms with van der Waals surface area (Å²) in [7, 11) is 2.98. The molecule has 0 aliphatic carbocycles. The highest BCUT2D eigenvalue weighted by molar-refractivity contribution is 6.32. The molecule has 0 radical (unpaired) electrons. The number of benzene rings is 1. The Morgan fingerprint density at radius 3 is 2.44 bits per heavy atom. The predicted molar refractivity (Wildman–Crippen MR) is 61.2 cm³/mol. The molecule has 0 bridgehead atoms. The Morgan fingerprint density at radius 1 is 1.31 bits per heavy atom. The van der Waals surface area contributed by atoms with E-state index in [0.717, 1.165) is 6.08 Å². The molecular weight excluding hydrogens is 232 g/mol. The molecule has 0 heterocycles. The number of methoxy groups -OCH3 is 2. The van der Waals surface area contributed by atoms with E-state index < -0.39 is 5.97 Å². The molecule has 1 N–H and O–H groups in total. The first-order valence-electron chi connectivity index (χ1n) is 4.41. The van der Waals surface area contributed by atoms with E-state index in [9.17, 15) is 4.79 Å². The van der Waals surface area contributed by atoms with Crippen LogP contribution in [0, 0.1) is 0 Å². The number of ether oxygens (including phenoxy) is 2. The number of halogens is 1. The van der Waals surface area contributed by atoms with E-state index in [1.807, 2.05) is 0 Å². The molecular formula is C11H11ClO4. The van der Waals surface area contributed by atoms with Crippen LogP contribution in [0.1, 0.15) is 5.56 Å². The second kappa shape index (κ2) is 5.42. The zero-order valence-electron chi connectivity index (χ0n) is 8.86. The summed E-state index contributed by atoms with van der Waals surface area (Å²) in [5.74, 6) is -0.0567. The average Bonchev–Trinajstić information content (AvgIpc) is 2.26. The molecule has 0 atom stereocenters. The van der Waals surface area contributed by atoms with Crippen molar-refractivity contribution >= 4 is 23.6 Å². The lowest BCUT2D eigenvalue weighted by molar-refractivity contribution is -0.131. The van der Waals surface area contributed by atoms with Crippen molar-refractivity contribution in [2.75, 3.05) is 14.2 Å². The highest BCUT2D eigenvalue weighted by Gasteiger charge is 2.07. The third-order valence-electron chi connectivity index (χ3n) is 1.91. The van der Waals surface area contributed by atoms with E-state index >= 15 is 0 Å². The first-order valence-corrected chi connectivity index (χ1v) is 4.78. The molecule has 0 spiro atoms. The van der Waals surface area contributed by atoms with Gasteiger partial charge in [-0.2, -0.15) is 0 Å². The van der Waals surface area contributed by atoms with Crippen LogP contribution >= 0.6 is 11.6 Å². The minimum absolute atomic E-state index is 0.397. The number of hydrogen-bond donors (Lipinski definition) is 1. The second-order valence-electron chi connectivity index (χ2n) is 2.90. The fourth-order valence-corrected chi connectivity index (χ4v) is 1.42. The monoisotopic (exact) mass is 242 g/mol. The molecule has 5 heteroatoms. The Kier molecular flexibility index (Phi) is 4.19. The molecule has 1 aromatic carbocycles. The number of rotatable bonds is 4. The van der Waals surface area contributed by atoms with E-state index in [4.69, 9.17) is 26.2 Å². The lowest BCUT2D eigenvalue weighted by Gasteiger charge is -2.09. The molecule has 0 aliphatic rings. The zero-order valence-corrected chi connectivity index (χ0v) is 9.62. The molecule has 86 valence electrons. The number of carboxylic acids is 1. The van der Waals surface area contributed by atoms with Crippen molar-refractivity contribution < 1.29 is 19.4 Å². The Labute approximate surface area is 98.1 Å². The van der Waals surface area contributed by atoms with E-state index in [1.165, 1.54) is 20.3 Å². The van der Waals surface area contributed by atoms with Gasteiger partial charge >= 0.3 is 5.97 Å². The van der Waals surface area contributed by atoms with Gasteiger partial charge in [-0.1, -0.05) is 11.6 Å². The summed E-state index contributed by atoms with van der Waals surface area (Å²) < 4.78 is 10.1. The highest BCUT2D eigenvalue weighted by atomic mass is 35.5. The van der Waals surface area contributed by atoms with Crippen molar-refractivity contribution in [3.63, 3.8) is 0 Å². The van der Waals surface area contributed by atoms with Gasteiger partial charge in [-0.3, -0.25) is 0 Å². The fraction of sp³-hybridized carbons (Fsp3) is 0.182. The minimum atomic E-state index is -1.03. The molecule has 0 saturated heterocycles. The zero-order chi connectivity index (χ0) is 12.1. The van der Waals surface area contributed by atoms with Gasteiger partial charge in [-0.25, -0.2) is 4.79 Å². The maximum absolute atomic E-state index is 10.4. The molecule has 0 fully saturated rings. The van der Waals surface area contributed by atoms with Gasteiger partial charge in [0.15, 0.2) is 0 Å². The van der Waals surface area contributed by atoms with Gasteiger partial charge in [0.25, 0.3) is 0 Å². The molecule has 1 aromatic rings. The third-order valence-corrected chi connectivity index (χ3v) is 2.20. The fourth-order valence-electron chi connectivity index (χ4n) is 1.17. The standard InChI is InChI=1S/C11H11ClO4/c1-15-9-6-10(16-2)8(12)5-7(9)3-4-11(13)14/h3-6H,1-2H3,(H,13,14).